The number of ether oxygens (including phenoxy) is 1. The van der Waals surface area contributed by atoms with Crippen LogP contribution >= 0.6 is 0 Å². The summed E-state index contributed by atoms with van der Waals surface area (Å²) in [4.78, 5) is 42.5. The van der Waals surface area contributed by atoms with Gasteiger partial charge in [0.2, 0.25) is 5.91 Å². The van der Waals surface area contributed by atoms with Crippen molar-refractivity contribution < 1.29 is 23.5 Å². The molecule has 3 aromatic carbocycles. The van der Waals surface area contributed by atoms with Gasteiger partial charge in [0.15, 0.2) is 0 Å². The van der Waals surface area contributed by atoms with Crippen LogP contribution in [0.25, 0.3) is 0 Å². The molecular formula is C26H23FN2O4. The van der Waals surface area contributed by atoms with Gasteiger partial charge in [-0.25, -0.2) is 9.29 Å². The lowest BCUT2D eigenvalue weighted by molar-refractivity contribution is -0.122. The first-order valence-corrected chi connectivity index (χ1v) is 10.5. The number of benzene rings is 3. The Kier molecular flexibility index (Phi) is 6.22. The molecule has 3 aromatic rings. The molecule has 2 atom stereocenters. The topological polar surface area (TPSA) is 66.9 Å². The van der Waals surface area contributed by atoms with E-state index in [9.17, 15) is 18.8 Å². The first-order valence-electron chi connectivity index (χ1n) is 10.5. The average molecular weight is 446 g/mol. The molecule has 4 rings (SSSR count). The van der Waals surface area contributed by atoms with Crippen LogP contribution in [0.2, 0.25) is 0 Å². The number of anilines is 1. The SMILES string of the molecule is COc1cccc(C(=O)N(C2CC(=O)N(c3ccc(F)cc3)C2=O)C(C)c2ccccc2)c1. The number of hydrogen-bond acceptors (Lipinski definition) is 4. The number of carbonyl (C=O) groups excluding carboxylic acids is 3. The van der Waals surface area contributed by atoms with Crippen LogP contribution in [0.4, 0.5) is 10.1 Å². The van der Waals surface area contributed by atoms with E-state index in [0.717, 1.165) is 10.5 Å². The number of imide groups is 1. The van der Waals surface area contributed by atoms with Gasteiger partial charge in [-0.3, -0.25) is 14.4 Å². The zero-order chi connectivity index (χ0) is 23.5. The van der Waals surface area contributed by atoms with E-state index in [-0.39, 0.29) is 12.1 Å². The van der Waals surface area contributed by atoms with E-state index >= 15 is 0 Å². The molecule has 1 fully saturated rings. The number of rotatable bonds is 6. The zero-order valence-electron chi connectivity index (χ0n) is 18.3. The van der Waals surface area contributed by atoms with Crippen molar-refractivity contribution in [3.05, 3.63) is 95.8 Å². The molecule has 33 heavy (non-hydrogen) atoms. The van der Waals surface area contributed by atoms with Crippen LogP contribution < -0.4 is 9.64 Å². The second kappa shape index (κ2) is 9.24. The number of carbonyl (C=O) groups is 3. The van der Waals surface area contributed by atoms with Crippen LogP contribution in [0.3, 0.4) is 0 Å². The van der Waals surface area contributed by atoms with Crippen molar-refractivity contribution in [3.63, 3.8) is 0 Å². The molecule has 1 aliphatic rings. The van der Waals surface area contributed by atoms with Gasteiger partial charge in [0.05, 0.1) is 25.3 Å². The van der Waals surface area contributed by atoms with Gasteiger partial charge >= 0.3 is 0 Å². The highest BCUT2D eigenvalue weighted by molar-refractivity contribution is 6.23. The molecule has 6 nitrogen and oxygen atoms in total. The molecular weight excluding hydrogens is 423 g/mol. The predicted molar refractivity (Wildman–Crippen MR) is 121 cm³/mol. The molecule has 0 aliphatic carbocycles. The summed E-state index contributed by atoms with van der Waals surface area (Å²) in [5.41, 5.74) is 1.45. The zero-order valence-corrected chi connectivity index (χ0v) is 18.3. The average Bonchev–Trinajstić information content (AvgIpc) is 3.13. The maximum atomic E-state index is 13.7. The van der Waals surface area contributed by atoms with E-state index in [4.69, 9.17) is 4.74 Å². The lowest BCUT2D eigenvalue weighted by Gasteiger charge is -2.33. The van der Waals surface area contributed by atoms with Gasteiger partial charge in [-0.1, -0.05) is 36.4 Å². The maximum Gasteiger partial charge on any atom is 0.257 e. The van der Waals surface area contributed by atoms with Gasteiger partial charge in [-0.2, -0.15) is 0 Å². The van der Waals surface area contributed by atoms with E-state index in [1.54, 1.807) is 24.3 Å². The highest BCUT2D eigenvalue weighted by Crippen LogP contribution is 2.33. The lowest BCUT2D eigenvalue weighted by Crippen LogP contribution is -2.46. The third kappa shape index (κ3) is 4.35. The molecule has 1 aliphatic heterocycles. The quantitative estimate of drug-likeness (QED) is 0.528. The Morgan fingerprint density at radius 1 is 1.03 bits per heavy atom. The van der Waals surface area contributed by atoms with Crippen molar-refractivity contribution in [2.45, 2.75) is 25.4 Å². The van der Waals surface area contributed by atoms with Crippen LogP contribution in [-0.2, 0) is 9.59 Å². The number of nitrogens with zero attached hydrogens (tertiary/aromatic N) is 2. The van der Waals surface area contributed by atoms with Crippen molar-refractivity contribution in [2.75, 3.05) is 12.0 Å². The first kappa shape index (κ1) is 22.2. The summed E-state index contributed by atoms with van der Waals surface area (Å²) < 4.78 is 18.6. The summed E-state index contributed by atoms with van der Waals surface area (Å²) in [6, 6.07) is 19.6. The fraction of sp³-hybridized carbons (Fsp3) is 0.192. The minimum atomic E-state index is -1.00. The van der Waals surface area contributed by atoms with Crippen LogP contribution in [0.5, 0.6) is 5.75 Å². The molecule has 0 spiro atoms. The summed E-state index contributed by atoms with van der Waals surface area (Å²) in [6.07, 6.45) is -0.164. The van der Waals surface area contributed by atoms with Crippen molar-refractivity contribution in [2.24, 2.45) is 0 Å². The van der Waals surface area contributed by atoms with Crippen LogP contribution in [-0.4, -0.2) is 35.8 Å². The molecule has 1 saturated heterocycles. The highest BCUT2D eigenvalue weighted by atomic mass is 19.1. The molecule has 168 valence electrons. The van der Waals surface area contributed by atoms with Crippen molar-refractivity contribution in [3.8, 4) is 5.75 Å². The van der Waals surface area contributed by atoms with E-state index < -0.39 is 35.6 Å². The molecule has 1 heterocycles. The van der Waals surface area contributed by atoms with Crippen molar-refractivity contribution >= 4 is 23.4 Å². The fourth-order valence-electron chi connectivity index (χ4n) is 4.08. The number of methoxy groups -OCH3 is 1. The smallest absolute Gasteiger partial charge is 0.257 e. The summed E-state index contributed by atoms with van der Waals surface area (Å²) in [5.74, 6) is -1.32. The molecule has 0 radical (unpaired) electrons. The second-order valence-corrected chi connectivity index (χ2v) is 7.79. The third-order valence-corrected chi connectivity index (χ3v) is 5.79. The van der Waals surface area contributed by atoms with Gasteiger partial charge in [-0.05, 0) is 55.0 Å². The molecule has 0 aromatic heterocycles. The summed E-state index contributed by atoms with van der Waals surface area (Å²) >= 11 is 0. The minimum absolute atomic E-state index is 0.164. The summed E-state index contributed by atoms with van der Waals surface area (Å²) in [7, 11) is 1.51. The Morgan fingerprint density at radius 3 is 2.39 bits per heavy atom. The van der Waals surface area contributed by atoms with Gasteiger partial charge in [0, 0.05) is 5.56 Å². The predicted octanol–water partition coefficient (Wildman–Crippen LogP) is 4.37. The number of amides is 3. The summed E-state index contributed by atoms with van der Waals surface area (Å²) in [5, 5.41) is 0. The Labute approximate surface area is 191 Å². The Bertz CT molecular complexity index is 1180. The van der Waals surface area contributed by atoms with Crippen LogP contribution in [0, 0.1) is 5.82 Å². The van der Waals surface area contributed by atoms with Crippen LogP contribution in [0.15, 0.2) is 78.9 Å². The van der Waals surface area contributed by atoms with E-state index in [2.05, 4.69) is 0 Å². The normalized spacial score (nSPS) is 16.6. The monoisotopic (exact) mass is 446 g/mol. The van der Waals surface area contributed by atoms with E-state index in [0.29, 0.717) is 11.3 Å². The second-order valence-electron chi connectivity index (χ2n) is 7.79. The largest absolute Gasteiger partial charge is 0.497 e. The van der Waals surface area contributed by atoms with Gasteiger partial charge < -0.3 is 9.64 Å². The van der Waals surface area contributed by atoms with Crippen molar-refractivity contribution in [1.82, 2.24) is 4.90 Å². The highest BCUT2D eigenvalue weighted by Gasteiger charge is 2.46. The number of hydrogen-bond donors (Lipinski definition) is 0. The molecule has 2 unspecified atom stereocenters. The molecule has 7 heteroatoms. The molecule has 0 bridgehead atoms. The summed E-state index contributed by atoms with van der Waals surface area (Å²) in [6.45, 7) is 1.83. The lowest BCUT2D eigenvalue weighted by atomic mass is 10.0. The van der Waals surface area contributed by atoms with Crippen LogP contribution in [0.1, 0.15) is 35.3 Å². The fourth-order valence-corrected chi connectivity index (χ4v) is 4.08. The molecule has 0 N–H and O–H groups in total. The minimum Gasteiger partial charge on any atom is -0.497 e. The van der Waals surface area contributed by atoms with E-state index in [1.165, 1.54) is 36.3 Å². The Balaban J connectivity index is 1.74. The molecule has 0 saturated carbocycles. The van der Waals surface area contributed by atoms with E-state index in [1.807, 2.05) is 37.3 Å². The maximum absolute atomic E-state index is 13.7. The van der Waals surface area contributed by atoms with Crippen molar-refractivity contribution in [1.29, 1.82) is 0 Å². The van der Waals surface area contributed by atoms with Gasteiger partial charge in [-0.15, -0.1) is 0 Å². The third-order valence-electron chi connectivity index (χ3n) is 5.79. The molecule has 3 amide bonds. The van der Waals surface area contributed by atoms with Gasteiger partial charge in [0.1, 0.15) is 17.6 Å². The van der Waals surface area contributed by atoms with Gasteiger partial charge in [0.25, 0.3) is 11.8 Å². The Morgan fingerprint density at radius 2 is 1.73 bits per heavy atom. The standard InChI is InChI=1S/C26H23FN2O4/c1-17(18-7-4-3-5-8-18)28(25(31)19-9-6-10-22(15-19)33-2)23-16-24(30)29(26(23)32)21-13-11-20(27)12-14-21/h3-15,17,23H,16H2,1-2H3. The first-order chi connectivity index (χ1) is 15.9. The number of halogens is 1. The Hall–Kier alpha value is -4.00.